The number of benzene rings is 2. The van der Waals surface area contributed by atoms with Gasteiger partial charge in [0.05, 0.1) is 25.9 Å². The fourth-order valence-electron chi connectivity index (χ4n) is 6.19. The summed E-state index contributed by atoms with van der Waals surface area (Å²) in [6.45, 7) is 0.831. The maximum Gasteiger partial charge on any atom is 0.331 e. The van der Waals surface area contributed by atoms with Crippen LogP contribution in [0.25, 0.3) is 6.08 Å². The van der Waals surface area contributed by atoms with Crippen molar-refractivity contribution in [3.05, 3.63) is 53.6 Å². The lowest BCUT2D eigenvalue weighted by Crippen LogP contribution is -2.67. The quantitative estimate of drug-likeness (QED) is 0.0596. The van der Waals surface area contributed by atoms with E-state index < -0.39 is 135 Å². The van der Waals surface area contributed by atoms with Gasteiger partial charge >= 0.3 is 11.9 Å². The lowest BCUT2D eigenvalue weighted by atomic mass is 9.93. The van der Waals surface area contributed by atoms with Crippen molar-refractivity contribution in [1.82, 2.24) is 0 Å². The van der Waals surface area contributed by atoms with Gasteiger partial charge in [-0.05, 0) is 48.4 Å². The molecule has 0 spiro atoms. The largest absolute Gasteiger partial charge is 0.504 e. The second-order valence-electron chi connectivity index (χ2n) is 13.5. The van der Waals surface area contributed by atoms with Gasteiger partial charge in [-0.3, -0.25) is 4.79 Å². The van der Waals surface area contributed by atoms with Crippen molar-refractivity contribution >= 4 is 18.0 Å². The normalized spacial score (nSPS) is 34.9. The highest BCUT2D eigenvalue weighted by molar-refractivity contribution is 5.87. The number of esters is 2. The van der Waals surface area contributed by atoms with E-state index in [4.69, 9.17) is 37.9 Å². The standard InChI is InChI=1S/C36H46O20/c1-15-27(44)29(46)31(48)36(52-15)56-34-32(54-26(43)8-5-17-3-6-19(38)21(40)9-17)25(14-50-16(2)37)53-24(13-49-11-18-4-7-20(39)22(41)10-18)33(34)55-35-30(47)28(45)23(42)12-51-35/h3-10,15,23-25,27-36,38-42,44-48H,11-14H2,1-2H3/b8-5+/t15-,23-,24+,25+,27-,28-,29+,30+,31+,32-,33-,34+,35-,36-/m0/s1. The molecule has 2 aromatic carbocycles. The molecule has 0 radical (unpaired) electrons. The van der Waals surface area contributed by atoms with Gasteiger partial charge in [-0.1, -0.05) is 12.1 Å². The molecule has 20 heteroatoms. The summed E-state index contributed by atoms with van der Waals surface area (Å²) in [7, 11) is 0. The monoisotopic (exact) mass is 798 g/mol. The van der Waals surface area contributed by atoms with Crippen LogP contribution in [0.2, 0.25) is 0 Å². The molecule has 10 N–H and O–H groups in total. The molecular weight excluding hydrogens is 752 g/mol. The van der Waals surface area contributed by atoms with Crippen LogP contribution in [0.4, 0.5) is 0 Å². The molecule has 0 unspecified atom stereocenters. The summed E-state index contributed by atoms with van der Waals surface area (Å²) >= 11 is 0. The van der Waals surface area contributed by atoms with Crippen LogP contribution in [0.5, 0.6) is 23.0 Å². The number of phenols is 4. The van der Waals surface area contributed by atoms with E-state index in [9.17, 15) is 60.7 Å². The highest BCUT2D eigenvalue weighted by Crippen LogP contribution is 2.35. The Hall–Kier alpha value is -4.16. The van der Waals surface area contributed by atoms with Gasteiger partial charge in [0.15, 0.2) is 41.7 Å². The van der Waals surface area contributed by atoms with Crippen molar-refractivity contribution in [3.8, 4) is 23.0 Å². The first kappa shape index (κ1) is 43.0. The fraction of sp³-hybridized carbons (Fsp3) is 0.556. The summed E-state index contributed by atoms with van der Waals surface area (Å²) in [4.78, 5) is 25.4. The third-order valence-electron chi connectivity index (χ3n) is 9.28. The molecule has 3 aliphatic heterocycles. The van der Waals surface area contributed by atoms with Crippen molar-refractivity contribution in [2.45, 2.75) is 106 Å². The molecule has 3 saturated heterocycles. The minimum atomic E-state index is -1.90. The van der Waals surface area contributed by atoms with Crippen LogP contribution in [0.1, 0.15) is 25.0 Å². The van der Waals surface area contributed by atoms with Gasteiger partial charge in [0, 0.05) is 13.0 Å². The van der Waals surface area contributed by atoms with Gasteiger partial charge in [0.25, 0.3) is 0 Å². The Labute approximate surface area is 319 Å². The van der Waals surface area contributed by atoms with E-state index in [1.54, 1.807) is 0 Å². The Morgan fingerprint density at radius 1 is 0.732 bits per heavy atom. The lowest BCUT2D eigenvalue weighted by Gasteiger charge is -2.49. The Morgan fingerprint density at radius 2 is 1.38 bits per heavy atom. The first-order chi connectivity index (χ1) is 26.5. The van der Waals surface area contributed by atoms with Crippen LogP contribution < -0.4 is 0 Å². The van der Waals surface area contributed by atoms with Crippen molar-refractivity contribution in [1.29, 1.82) is 0 Å². The zero-order valence-corrected chi connectivity index (χ0v) is 30.1. The van der Waals surface area contributed by atoms with E-state index in [2.05, 4.69) is 0 Å². The topological polar surface area (TPSA) is 310 Å². The second-order valence-corrected chi connectivity index (χ2v) is 13.5. The van der Waals surface area contributed by atoms with Gasteiger partial charge in [0.1, 0.15) is 67.6 Å². The molecule has 3 aliphatic rings. The minimum Gasteiger partial charge on any atom is -0.504 e. The van der Waals surface area contributed by atoms with Crippen LogP contribution in [-0.4, -0.2) is 169 Å². The number of phenolic OH excluding ortho intramolecular Hbond substituents is 4. The van der Waals surface area contributed by atoms with E-state index >= 15 is 0 Å². The van der Waals surface area contributed by atoms with Crippen molar-refractivity contribution in [3.63, 3.8) is 0 Å². The highest BCUT2D eigenvalue weighted by Gasteiger charge is 2.55. The molecule has 56 heavy (non-hydrogen) atoms. The summed E-state index contributed by atoms with van der Waals surface area (Å²) in [5.41, 5.74) is 0.674. The maximum absolute atomic E-state index is 13.4. The number of aromatic hydroxyl groups is 4. The number of ether oxygens (including phenoxy) is 8. The van der Waals surface area contributed by atoms with Gasteiger partial charge in [-0.2, -0.15) is 0 Å². The number of hydrogen-bond donors (Lipinski definition) is 10. The first-order valence-electron chi connectivity index (χ1n) is 17.5. The molecule has 310 valence electrons. The molecule has 0 bridgehead atoms. The third kappa shape index (κ3) is 10.4. The SMILES string of the molecule is CC(=O)OC[C@H]1O[C@H](COCc2ccc(O)c(O)c2)[C@H](O[C@@H]2OC[C@H](O)[C@H](O)[C@H]2O)[C@H](O[C@@H]2O[C@@H](C)[C@H](O)[C@@H](O)[C@H]2O)[C@H]1OC(=O)/C=C/c1ccc(O)c(O)c1. The summed E-state index contributed by atoms with van der Waals surface area (Å²) in [5.74, 6) is -3.49. The highest BCUT2D eigenvalue weighted by atomic mass is 16.7. The van der Waals surface area contributed by atoms with Gasteiger partial charge in [-0.15, -0.1) is 0 Å². The Kier molecular flexibility index (Phi) is 14.5. The number of aliphatic hydroxyl groups excluding tert-OH is 6. The zero-order valence-electron chi connectivity index (χ0n) is 30.1. The van der Waals surface area contributed by atoms with Crippen LogP contribution >= 0.6 is 0 Å². The van der Waals surface area contributed by atoms with Crippen LogP contribution in [0.3, 0.4) is 0 Å². The van der Waals surface area contributed by atoms with E-state index in [-0.39, 0.29) is 17.9 Å². The third-order valence-corrected chi connectivity index (χ3v) is 9.28. The van der Waals surface area contributed by atoms with Crippen LogP contribution in [-0.2, 0) is 54.1 Å². The second kappa shape index (κ2) is 18.9. The van der Waals surface area contributed by atoms with Crippen LogP contribution in [0, 0.1) is 0 Å². The van der Waals surface area contributed by atoms with Gasteiger partial charge in [0.2, 0.25) is 0 Å². The van der Waals surface area contributed by atoms with Crippen molar-refractivity contribution in [2.75, 3.05) is 19.8 Å². The van der Waals surface area contributed by atoms with E-state index in [1.165, 1.54) is 43.3 Å². The molecule has 0 amide bonds. The molecule has 3 fully saturated rings. The molecule has 14 atom stereocenters. The molecule has 0 aromatic heterocycles. The van der Waals surface area contributed by atoms with Gasteiger partial charge < -0.3 is 89.0 Å². The Bertz CT molecular complexity index is 1670. The number of carbonyl (C=O) groups excluding carboxylic acids is 2. The summed E-state index contributed by atoms with van der Waals surface area (Å²) in [6, 6.07) is 7.67. The number of hydrogen-bond acceptors (Lipinski definition) is 20. The Balaban J connectivity index is 1.52. The Morgan fingerprint density at radius 3 is 2.05 bits per heavy atom. The average molecular weight is 799 g/mol. The number of carbonyl (C=O) groups is 2. The molecule has 0 saturated carbocycles. The summed E-state index contributed by atoms with van der Waals surface area (Å²) in [6.07, 6.45) is -20.3. The summed E-state index contributed by atoms with van der Waals surface area (Å²) < 4.78 is 46.7. The molecular formula is C36H46O20. The van der Waals surface area contributed by atoms with E-state index in [0.717, 1.165) is 19.1 Å². The van der Waals surface area contributed by atoms with Crippen molar-refractivity contribution < 1.29 is 98.5 Å². The van der Waals surface area contributed by atoms with E-state index in [1.807, 2.05) is 0 Å². The maximum atomic E-state index is 13.4. The smallest absolute Gasteiger partial charge is 0.331 e. The number of rotatable bonds is 13. The molecule has 20 nitrogen and oxygen atoms in total. The fourth-order valence-corrected chi connectivity index (χ4v) is 6.19. The average Bonchev–Trinajstić information content (AvgIpc) is 3.16. The predicted octanol–water partition coefficient (Wildman–Crippen LogP) is -1.98. The van der Waals surface area contributed by atoms with Crippen LogP contribution in [0.15, 0.2) is 42.5 Å². The van der Waals surface area contributed by atoms with Crippen molar-refractivity contribution in [2.24, 2.45) is 0 Å². The van der Waals surface area contributed by atoms with E-state index in [0.29, 0.717) is 5.56 Å². The number of aliphatic hydroxyl groups is 6. The molecule has 0 aliphatic carbocycles. The lowest BCUT2D eigenvalue weighted by molar-refractivity contribution is -0.364. The predicted molar refractivity (Wildman–Crippen MR) is 183 cm³/mol. The molecule has 5 rings (SSSR count). The first-order valence-corrected chi connectivity index (χ1v) is 17.5. The zero-order chi connectivity index (χ0) is 40.8. The van der Waals surface area contributed by atoms with Gasteiger partial charge in [-0.25, -0.2) is 4.79 Å². The molecule has 2 aromatic rings. The molecule has 3 heterocycles. The summed E-state index contributed by atoms with van der Waals surface area (Å²) in [5, 5.41) is 102. The minimum absolute atomic E-state index is 0.184.